The van der Waals surface area contributed by atoms with E-state index in [-0.39, 0.29) is 24.0 Å². The molecule has 2 aliphatic heterocycles. The van der Waals surface area contributed by atoms with Gasteiger partial charge < -0.3 is 4.90 Å². The van der Waals surface area contributed by atoms with Gasteiger partial charge in [-0.3, -0.25) is 19.7 Å². The summed E-state index contributed by atoms with van der Waals surface area (Å²) in [4.78, 5) is 36.4. The number of benzene rings is 1. The van der Waals surface area contributed by atoms with Crippen molar-refractivity contribution in [1.29, 1.82) is 0 Å². The van der Waals surface area contributed by atoms with Crippen molar-refractivity contribution in [2.75, 3.05) is 0 Å². The predicted octanol–water partition coefficient (Wildman–Crippen LogP) is 0.448. The van der Waals surface area contributed by atoms with E-state index >= 15 is 0 Å². The molecule has 3 rings (SSSR count). The number of carbonyl (C=O) groups is 3. The quantitative estimate of drug-likeness (QED) is 0.731. The number of rotatable bonds is 1. The van der Waals surface area contributed by atoms with Crippen LogP contribution in [-0.2, 0) is 16.1 Å². The van der Waals surface area contributed by atoms with Crippen molar-refractivity contribution in [3.63, 3.8) is 0 Å². The first-order valence-corrected chi connectivity index (χ1v) is 5.70. The molecule has 1 fully saturated rings. The van der Waals surface area contributed by atoms with E-state index < -0.39 is 30.3 Å². The Hall–Kier alpha value is -2.17. The number of nitrogens with one attached hydrogen (secondary N) is 1. The van der Waals surface area contributed by atoms with Gasteiger partial charge >= 0.3 is 0 Å². The van der Waals surface area contributed by atoms with E-state index in [9.17, 15) is 14.4 Å². The SMILES string of the molecule is [2H]C1([2H])c2ccccc2C(=O)N1C1CCC(=O)NC1=O. The van der Waals surface area contributed by atoms with Crippen molar-refractivity contribution in [2.24, 2.45) is 0 Å². The second-order valence-electron chi connectivity index (χ2n) is 4.30. The number of carbonyl (C=O) groups excluding carboxylic acids is 3. The lowest BCUT2D eigenvalue weighted by Gasteiger charge is -2.29. The van der Waals surface area contributed by atoms with Crippen LogP contribution in [0.25, 0.3) is 0 Å². The highest BCUT2D eigenvalue weighted by molar-refractivity contribution is 6.05. The summed E-state index contributed by atoms with van der Waals surface area (Å²) in [6.07, 6.45) is 0.247. The maximum absolute atomic E-state index is 12.4. The lowest BCUT2D eigenvalue weighted by molar-refractivity contribution is -0.136. The van der Waals surface area contributed by atoms with E-state index in [0.717, 1.165) is 4.90 Å². The Kier molecular flexibility index (Phi) is 1.94. The zero-order valence-electron chi connectivity index (χ0n) is 11.5. The molecule has 1 aromatic rings. The van der Waals surface area contributed by atoms with Crippen LogP contribution in [0.4, 0.5) is 0 Å². The third kappa shape index (κ3) is 1.59. The fourth-order valence-corrected chi connectivity index (χ4v) is 2.23. The first-order valence-electron chi connectivity index (χ1n) is 6.70. The van der Waals surface area contributed by atoms with Crippen LogP contribution in [0, 0.1) is 0 Å². The molecule has 1 aromatic carbocycles. The smallest absolute Gasteiger partial charge is 0.255 e. The summed E-state index contributed by atoms with van der Waals surface area (Å²) in [5.74, 6) is -1.53. The third-order valence-electron chi connectivity index (χ3n) is 3.14. The van der Waals surface area contributed by atoms with Gasteiger partial charge in [0.2, 0.25) is 11.8 Å². The molecule has 0 radical (unpaired) electrons. The maximum Gasteiger partial charge on any atom is 0.255 e. The topological polar surface area (TPSA) is 66.5 Å². The minimum absolute atomic E-state index is 0.104. The van der Waals surface area contributed by atoms with Crippen molar-refractivity contribution < 1.29 is 17.1 Å². The summed E-state index contributed by atoms with van der Waals surface area (Å²) < 4.78 is 16.3. The first-order chi connectivity index (χ1) is 9.43. The lowest BCUT2D eigenvalue weighted by atomic mass is 10.0. The van der Waals surface area contributed by atoms with Crippen LogP contribution >= 0.6 is 0 Å². The highest BCUT2D eigenvalue weighted by atomic mass is 16.2. The van der Waals surface area contributed by atoms with Gasteiger partial charge in [0.25, 0.3) is 5.91 Å². The van der Waals surface area contributed by atoms with Gasteiger partial charge in [0.15, 0.2) is 0 Å². The van der Waals surface area contributed by atoms with Crippen molar-refractivity contribution in [1.82, 2.24) is 10.2 Å². The number of piperidine rings is 1. The Balaban J connectivity index is 2.02. The molecular formula is C13H12N2O3. The molecular weight excluding hydrogens is 232 g/mol. The number of amides is 3. The average molecular weight is 246 g/mol. The van der Waals surface area contributed by atoms with Crippen LogP contribution < -0.4 is 5.32 Å². The number of hydrogen-bond donors (Lipinski definition) is 1. The molecule has 2 heterocycles. The number of imide groups is 1. The summed E-state index contributed by atoms with van der Waals surface area (Å²) in [6, 6.07) is 5.43. The predicted molar refractivity (Wildman–Crippen MR) is 62.5 cm³/mol. The monoisotopic (exact) mass is 246 g/mol. The Bertz CT molecular complexity index is 630. The third-order valence-corrected chi connectivity index (χ3v) is 3.14. The maximum atomic E-state index is 12.4. The van der Waals surface area contributed by atoms with E-state index in [1.165, 1.54) is 0 Å². The van der Waals surface area contributed by atoms with E-state index in [1.54, 1.807) is 24.3 Å². The fourth-order valence-electron chi connectivity index (χ4n) is 2.23. The first kappa shape index (κ1) is 8.85. The molecule has 0 spiro atoms. The largest absolute Gasteiger partial charge is 0.322 e. The van der Waals surface area contributed by atoms with Crippen molar-refractivity contribution in [3.8, 4) is 0 Å². The normalized spacial score (nSPS) is 27.4. The number of fused-ring (bicyclic) bond motifs is 1. The average Bonchev–Trinajstić information content (AvgIpc) is 2.60. The minimum atomic E-state index is -2.05. The molecule has 1 atom stereocenters. The highest BCUT2D eigenvalue weighted by Crippen LogP contribution is 2.26. The fraction of sp³-hybridized carbons (Fsp3) is 0.308. The molecule has 0 aromatic heterocycles. The zero-order chi connectivity index (χ0) is 14.5. The second kappa shape index (κ2) is 3.94. The molecule has 1 N–H and O–H groups in total. The Morgan fingerprint density at radius 1 is 1.28 bits per heavy atom. The number of nitrogens with zero attached hydrogens (tertiary/aromatic N) is 1. The van der Waals surface area contributed by atoms with Crippen LogP contribution in [0.2, 0.25) is 0 Å². The van der Waals surface area contributed by atoms with E-state index in [4.69, 9.17) is 2.74 Å². The molecule has 0 saturated carbocycles. The molecule has 1 saturated heterocycles. The molecule has 0 aliphatic carbocycles. The van der Waals surface area contributed by atoms with Crippen LogP contribution in [0.1, 0.15) is 31.5 Å². The molecule has 1 unspecified atom stereocenters. The molecule has 18 heavy (non-hydrogen) atoms. The zero-order valence-corrected chi connectivity index (χ0v) is 9.47. The van der Waals surface area contributed by atoms with Gasteiger partial charge in [0, 0.05) is 18.5 Å². The van der Waals surface area contributed by atoms with E-state index in [0.29, 0.717) is 0 Å². The van der Waals surface area contributed by atoms with Crippen LogP contribution in [0.3, 0.4) is 0 Å². The molecule has 0 bridgehead atoms. The van der Waals surface area contributed by atoms with Gasteiger partial charge in [0.05, 0.1) is 2.74 Å². The Morgan fingerprint density at radius 2 is 2.06 bits per heavy atom. The molecule has 92 valence electrons. The molecule has 2 aliphatic rings. The van der Waals surface area contributed by atoms with Crippen LogP contribution in [0.15, 0.2) is 24.3 Å². The van der Waals surface area contributed by atoms with Gasteiger partial charge in [-0.25, -0.2) is 0 Å². The summed E-state index contributed by atoms with van der Waals surface area (Å²) >= 11 is 0. The van der Waals surface area contributed by atoms with Crippen LogP contribution in [0.5, 0.6) is 0 Å². The lowest BCUT2D eigenvalue weighted by Crippen LogP contribution is -2.52. The van der Waals surface area contributed by atoms with Crippen molar-refractivity contribution in [3.05, 3.63) is 35.4 Å². The molecule has 3 amide bonds. The Morgan fingerprint density at radius 3 is 2.78 bits per heavy atom. The van der Waals surface area contributed by atoms with Crippen molar-refractivity contribution in [2.45, 2.75) is 25.4 Å². The standard InChI is InChI=1S/C13H12N2O3/c16-11-6-5-10(12(17)14-11)15-7-8-3-1-2-4-9(8)13(15)18/h1-4,10H,5-7H2,(H,14,16,17)/i7D2. The van der Waals surface area contributed by atoms with Gasteiger partial charge in [-0.05, 0) is 18.1 Å². The van der Waals surface area contributed by atoms with Crippen molar-refractivity contribution >= 4 is 17.7 Å². The van der Waals surface area contributed by atoms with E-state index in [1.807, 2.05) is 0 Å². The highest BCUT2D eigenvalue weighted by Gasteiger charge is 2.38. The van der Waals surface area contributed by atoms with Gasteiger partial charge in [0.1, 0.15) is 6.04 Å². The van der Waals surface area contributed by atoms with Gasteiger partial charge in [-0.1, -0.05) is 18.2 Å². The summed E-state index contributed by atoms with van der Waals surface area (Å²) in [5.41, 5.74) is 0.525. The summed E-state index contributed by atoms with van der Waals surface area (Å²) in [7, 11) is 0. The minimum Gasteiger partial charge on any atom is -0.322 e. The summed E-state index contributed by atoms with van der Waals surface area (Å²) in [6.45, 7) is -2.05. The van der Waals surface area contributed by atoms with Gasteiger partial charge in [-0.2, -0.15) is 0 Å². The van der Waals surface area contributed by atoms with Crippen LogP contribution in [-0.4, -0.2) is 28.7 Å². The Labute approximate surface area is 107 Å². The van der Waals surface area contributed by atoms with E-state index in [2.05, 4.69) is 5.32 Å². The molecule has 5 nitrogen and oxygen atoms in total. The molecule has 5 heteroatoms. The summed E-state index contributed by atoms with van der Waals surface area (Å²) in [5, 5.41) is 2.15. The number of hydrogen-bond acceptors (Lipinski definition) is 3. The van der Waals surface area contributed by atoms with Gasteiger partial charge in [-0.15, -0.1) is 0 Å². The second-order valence-corrected chi connectivity index (χ2v) is 4.30.